The highest BCUT2D eigenvalue weighted by molar-refractivity contribution is 7.99. The van der Waals surface area contributed by atoms with E-state index in [0.717, 1.165) is 5.82 Å². The number of carbonyl (C=O) groups is 1. The quantitative estimate of drug-likeness (QED) is 0.756. The van der Waals surface area contributed by atoms with Crippen LogP contribution in [0.25, 0.3) is 0 Å². The summed E-state index contributed by atoms with van der Waals surface area (Å²) in [5.74, 6) is 2.33. The predicted molar refractivity (Wildman–Crippen MR) is 89.4 cm³/mol. The topological polar surface area (TPSA) is 89.1 Å². The lowest BCUT2D eigenvalue weighted by Crippen LogP contribution is -2.15. The summed E-state index contributed by atoms with van der Waals surface area (Å²) < 4.78 is 10.4. The molecule has 1 aromatic carbocycles. The summed E-state index contributed by atoms with van der Waals surface area (Å²) in [7, 11) is 3.12. The van der Waals surface area contributed by atoms with Crippen molar-refractivity contribution >= 4 is 23.4 Å². The average Bonchev–Trinajstić information content (AvgIpc) is 3.02. The van der Waals surface area contributed by atoms with Gasteiger partial charge in [-0.3, -0.25) is 9.89 Å². The van der Waals surface area contributed by atoms with Crippen molar-refractivity contribution in [1.29, 1.82) is 0 Å². The van der Waals surface area contributed by atoms with Crippen LogP contribution >= 0.6 is 11.8 Å². The Bertz CT molecular complexity index is 672. The summed E-state index contributed by atoms with van der Waals surface area (Å²) in [6, 6.07) is 5.22. The molecule has 0 unspecified atom stereocenters. The van der Waals surface area contributed by atoms with Crippen LogP contribution < -0.4 is 14.8 Å². The molecule has 0 aliphatic carbocycles. The second kappa shape index (κ2) is 7.87. The highest BCUT2D eigenvalue weighted by Crippen LogP contribution is 2.29. The standard InChI is InChI=1S/C15H20N4O3S/c1-9(2)14-17-15(19-18-14)23-8-13(20)16-11-7-10(21-3)5-6-12(11)22-4/h5-7,9H,8H2,1-4H3,(H,16,20)(H,17,18,19). The SMILES string of the molecule is COc1ccc(OC)c(NC(=O)CSc2n[nH]c(C(C)C)n2)c1. The third-order valence-electron chi connectivity index (χ3n) is 3.04. The van der Waals surface area contributed by atoms with Gasteiger partial charge in [-0.25, -0.2) is 4.98 Å². The minimum atomic E-state index is -0.169. The fourth-order valence-electron chi connectivity index (χ4n) is 1.81. The molecule has 2 rings (SSSR count). The van der Waals surface area contributed by atoms with Crippen molar-refractivity contribution in [1.82, 2.24) is 15.2 Å². The van der Waals surface area contributed by atoms with E-state index < -0.39 is 0 Å². The molecular formula is C15H20N4O3S. The normalized spacial score (nSPS) is 10.7. The van der Waals surface area contributed by atoms with Crippen molar-refractivity contribution in [2.24, 2.45) is 0 Å². The van der Waals surface area contributed by atoms with Crippen LogP contribution in [0.1, 0.15) is 25.6 Å². The number of amides is 1. The number of anilines is 1. The number of aromatic amines is 1. The molecule has 1 heterocycles. The van der Waals surface area contributed by atoms with Crippen LogP contribution in [-0.2, 0) is 4.79 Å². The van der Waals surface area contributed by atoms with Crippen LogP contribution in [0.15, 0.2) is 23.4 Å². The first-order chi connectivity index (χ1) is 11.0. The molecule has 8 heteroatoms. The highest BCUT2D eigenvalue weighted by atomic mass is 32.2. The van der Waals surface area contributed by atoms with Gasteiger partial charge in [0.2, 0.25) is 11.1 Å². The maximum atomic E-state index is 12.1. The average molecular weight is 336 g/mol. The van der Waals surface area contributed by atoms with Gasteiger partial charge in [-0.1, -0.05) is 25.6 Å². The number of hydrogen-bond acceptors (Lipinski definition) is 6. The third kappa shape index (κ3) is 4.62. The van der Waals surface area contributed by atoms with Gasteiger partial charge in [0.25, 0.3) is 0 Å². The Labute approximate surface area is 139 Å². The molecule has 0 fully saturated rings. The first-order valence-electron chi connectivity index (χ1n) is 7.10. The molecule has 0 radical (unpaired) electrons. The zero-order chi connectivity index (χ0) is 16.8. The monoisotopic (exact) mass is 336 g/mol. The summed E-state index contributed by atoms with van der Waals surface area (Å²) in [6.45, 7) is 4.05. The second-order valence-corrected chi connectivity index (χ2v) is 6.00. The van der Waals surface area contributed by atoms with Gasteiger partial charge in [-0.2, -0.15) is 0 Å². The lowest BCUT2D eigenvalue weighted by molar-refractivity contribution is -0.113. The molecule has 0 aliphatic rings. The number of benzene rings is 1. The van der Waals surface area contributed by atoms with Crippen molar-refractivity contribution in [3.05, 3.63) is 24.0 Å². The Hall–Kier alpha value is -2.22. The van der Waals surface area contributed by atoms with Crippen molar-refractivity contribution in [3.63, 3.8) is 0 Å². The fourth-order valence-corrected chi connectivity index (χ4v) is 2.41. The Kier molecular flexibility index (Phi) is 5.86. The van der Waals surface area contributed by atoms with E-state index in [1.807, 2.05) is 13.8 Å². The minimum Gasteiger partial charge on any atom is -0.497 e. The lowest BCUT2D eigenvalue weighted by Gasteiger charge is -2.11. The molecule has 2 aromatic rings. The number of thioether (sulfide) groups is 1. The van der Waals surface area contributed by atoms with Crippen LogP contribution in [0.5, 0.6) is 11.5 Å². The molecule has 0 bridgehead atoms. The molecule has 0 aliphatic heterocycles. The van der Waals surface area contributed by atoms with E-state index in [1.54, 1.807) is 32.4 Å². The van der Waals surface area contributed by atoms with Crippen molar-refractivity contribution in [3.8, 4) is 11.5 Å². The van der Waals surface area contributed by atoms with Gasteiger partial charge in [0, 0.05) is 12.0 Å². The Morgan fingerprint density at radius 1 is 1.35 bits per heavy atom. The summed E-state index contributed by atoms with van der Waals surface area (Å²) in [4.78, 5) is 16.4. The van der Waals surface area contributed by atoms with Crippen LogP contribution in [-0.4, -0.2) is 41.1 Å². The van der Waals surface area contributed by atoms with Crippen LogP contribution in [0, 0.1) is 0 Å². The number of aromatic nitrogens is 3. The minimum absolute atomic E-state index is 0.169. The first kappa shape index (κ1) is 17.1. The molecule has 2 N–H and O–H groups in total. The third-order valence-corrected chi connectivity index (χ3v) is 3.89. The maximum absolute atomic E-state index is 12.1. The number of H-pyrrole nitrogens is 1. The van der Waals surface area contributed by atoms with Crippen molar-refractivity contribution in [2.45, 2.75) is 24.9 Å². The molecule has 0 saturated carbocycles. The number of methoxy groups -OCH3 is 2. The molecular weight excluding hydrogens is 316 g/mol. The molecule has 23 heavy (non-hydrogen) atoms. The Morgan fingerprint density at radius 3 is 2.74 bits per heavy atom. The fraction of sp³-hybridized carbons (Fsp3) is 0.400. The molecule has 0 spiro atoms. The molecule has 1 amide bonds. The number of nitrogens with zero attached hydrogens (tertiary/aromatic N) is 2. The van der Waals surface area contributed by atoms with E-state index in [9.17, 15) is 4.79 Å². The van der Waals surface area contributed by atoms with Crippen molar-refractivity contribution < 1.29 is 14.3 Å². The van der Waals surface area contributed by atoms with E-state index in [4.69, 9.17) is 9.47 Å². The van der Waals surface area contributed by atoms with Gasteiger partial charge in [0.15, 0.2) is 0 Å². The van der Waals surface area contributed by atoms with Crippen LogP contribution in [0.4, 0.5) is 5.69 Å². The Balaban J connectivity index is 1.96. The summed E-state index contributed by atoms with van der Waals surface area (Å²) in [5.41, 5.74) is 0.565. The smallest absolute Gasteiger partial charge is 0.234 e. The Morgan fingerprint density at radius 2 is 2.13 bits per heavy atom. The maximum Gasteiger partial charge on any atom is 0.234 e. The molecule has 0 saturated heterocycles. The molecule has 7 nitrogen and oxygen atoms in total. The number of ether oxygens (including phenoxy) is 2. The lowest BCUT2D eigenvalue weighted by atomic mass is 10.2. The second-order valence-electron chi connectivity index (χ2n) is 5.06. The zero-order valence-corrected chi connectivity index (χ0v) is 14.4. The van der Waals surface area contributed by atoms with Gasteiger partial charge in [-0.05, 0) is 12.1 Å². The van der Waals surface area contributed by atoms with Crippen LogP contribution in [0.2, 0.25) is 0 Å². The number of rotatable bonds is 7. The van der Waals surface area contributed by atoms with E-state index in [-0.39, 0.29) is 17.6 Å². The summed E-state index contributed by atoms with van der Waals surface area (Å²) >= 11 is 1.27. The van der Waals surface area contributed by atoms with E-state index in [2.05, 4.69) is 20.5 Å². The van der Waals surface area contributed by atoms with Crippen molar-refractivity contribution in [2.75, 3.05) is 25.3 Å². The highest BCUT2D eigenvalue weighted by Gasteiger charge is 2.12. The van der Waals surface area contributed by atoms with Crippen LogP contribution in [0.3, 0.4) is 0 Å². The predicted octanol–water partition coefficient (Wildman–Crippen LogP) is 2.68. The van der Waals surface area contributed by atoms with Gasteiger partial charge >= 0.3 is 0 Å². The van der Waals surface area contributed by atoms with Gasteiger partial charge < -0.3 is 14.8 Å². The molecule has 0 atom stereocenters. The molecule has 1 aromatic heterocycles. The van der Waals surface area contributed by atoms with E-state index in [1.165, 1.54) is 11.8 Å². The summed E-state index contributed by atoms with van der Waals surface area (Å²) in [6.07, 6.45) is 0. The van der Waals surface area contributed by atoms with Gasteiger partial charge in [0.1, 0.15) is 17.3 Å². The largest absolute Gasteiger partial charge is 0.497 e. The number of nitrogens with one attached hydrogen (secondary N) is 2. The van der Waals surface area contributed by atoms with E-state index >= 15 is 0 Å². The van der Waals surface area contributed by atoms with E-state index in [0.29, 0.717) is 22.3 Å². The summed E-state index contributed by atoms with van der Waals surface area (Å²) in [5, 5.41) is 10.3. The molecule has 124 valence electrons. The van der Waals surface area contributed by atoms with Gasteiger partial charge in [-0.15, -0.1) is 5.10 Å². The number of carbonyl (C=O) groups excluding carboxylic acids is 1. The number of hydrogen-bond donors (Lipinski definition) is 2. The first-order valence-corrected chi connectivity index (χ1v) is 8.09. The van der Waals surface area contributed by atoms with Gasteiger partial charge in [0.05, 0.1) is 25.7 Å². The zero-order valence-electron chi connectivity index (χ0n) is 13.5.